The quantitative estimate of drug-likeness (QED) is 0.0306. The summed E-state index contributed by atoms with van der Waals surface area (Å²) >= 11 is 0. The SMILES string of the molecule is CC(=O)N[C@H]1[C@H](O[C@H]2[C@H](O)[C@@H](NC(C)=O)C(O)O[C@@H]2CO)O[C@H](CO)[C@@H](O[C@@H]2O[C@H](CO[C@H]3O[C@H](CO)[C@@H](O[C@@H]4O[C@H](CO)[C@@H](O)[C@H](O)[C@H]4NC(C)=O)[C@H](O)[C@@H]3O)[C@@H](O[C@@H]3O[C@H](CO)[C@@H](O)[C@H](O)[C@H]3NC(C)=O)[C@H](O[C@H]3O[C@H](CO)[C@@H](O[C@@H]4O[C@H](CO)[C@@H](O)[C@H](O)[C@H]4NC(C)=O)[C@H](O)[C@@H]3O[C@@H]3O[C@H](CO)[C@@H](O)[C@H](O)[C@H]3NC(C)=O)[C@@H]2O)[C@@H]1O. The van der Waals surface area contributed by atoms with Crippen molar-refractivity contribution in [2.45, 2.75) is 318 Å². The van der Waals surface area contributed by atoms with Crippen LogP contribution < -0.4 is 31.9 Å². The molecule has 0 aromatic carbocycles. The van der Waals surface area contributed by atoms with Crippen molar-refractivity contribution in [1.29, 1.82) is 0 Å². The predicted molar refractivity (Wildman–Crippen MR) is 367 cm³/mol. The molecule has 29 N–H and O–H groups in total. The fourth-order valence-corrected chi connectivity index (χ4v) is 15.3. The van der Waals surface area contributed by atoms with Gasteiger partial charge in [-0.3, -0.25) is 28.8 Å². The van der Waals surface area contributed by atoms with E-state index in [2.05, 4.69) is 31.9 Å². The highest BCUT2D eigenvalue weighted by Crippen LogP contribution is 2.41. The van der Waals surface area contributed by atoms with Crippen molar-refractivity contribution in [1.82, 2.24) is 31.9 Å². The molecule has 0 spiro atoms. The maximum atomic E-state index is 13.4. The van der Waals surface area contributed by atoms with Crippen molar-refractivity contribution in [3.8, 4) is 0 Å². The molecule has 6 amide bonds. The summed E-state index contributed by atoms with van der Waals surface area (Å²) in [6, 6.07) is -11.2. The van der Waals surface area contributed by atoms with Crippen LogP contribution in [0.1, 0.15) is 41.5 Å². The van der Waals surface area contributed by atoms with Crippen LogP contribution in [-0.2, 0) is 109 Å². The molecule has 9 aliphatic rings. The van der Waals surface area contributed by atoms with E-state index in [0.717, 1.165) is 41.5 Å². The summed E-state index contributed by atoms with van der Waals surface area (Å²) in [5, 5.41) is 274. The standard InChI is InChI=1S/C66H110N6O46/c1-16(81)67-31-45(95)51(26(11-77)103-58(31)101)112-63-36(72-21(6)86)46(96)52(27(12-78)108-63)115-65-50(100)56(117-66-57(118-62-35(71-20(5)85)44(94)40(90)25(10-76)107-62)49(99)54(29(14-80)110-66)114-60-33(69-18(3)83)42(92)38(88)23(8-74)105-60)55(116-61-34(70-19(4)84)43(93)39(89)24(9-75)106-61)30(111-65)15-102-64-48(98)47(97)53(28(13-79)109-64)113-59-32(68-17(2)82)41(91)37(87)22(7-73)104-59/h22-66,73-80,87-101H,7-15H2,1-6H3,(H,67,81)(H,68,82)(H,69,83)(H,70,84)(H,71,85)(H,72,86)/t22-,23-,24-,25-,26-,27-,28-,29-,30-,31-,32-,33-,34-,35-,36-,37-,38-,39-,40-,41-,42-,43-,44-,45-,46-,47-,48+,49+,50+,51-,52-,53-,54-,55-,56-,57+,58?,59+,60+,61+,62+,63+,64+,65+,66-/m1/s1. The number of carbonyl (C=O) groups is 6. The molecule has 0 aromatic rings. The first-order valence-electron chi connectivity index (χ1n) is 37.6. The molecule has 9 rings (SSSR count). The van der Waals surface area contributed by atoms with Crippen LogP contribution in [0, 0.1) is 0 Å². The van der Waals surface area contributed by atoms with E-state index in [1.165, 1.54) is 0 Å². The molecule has 45 atom stereocenters. The second kappa shape index (κ2) is 42.7. The summed E-state index contributed by atoms with van der Waals surface area (Å²) in [6.07, 6.45) is -83.8. The lowest BCUT2D eigenvalue weighted by Crippen LogP contribution is -2.72. The predicted octanol–water partition coefficient (Wildman–Crippen LogP) is -19.8. The van der Waals surface area contributed by atoms with Crippen molar-refractivity contribution >= 4 is 35.4 Å². The molecule has 680 valence electrons. The van der Waals surface area contributed by atoms with Gasteiger partial charge in [-0.1, -0.05) is 0 Å². The molecule has 9 aliphatic heterocycles. The second-order valence-corrected chi connectivity index (χ2v) is 29.6. The first kappa shape index (κ1) is 97.0. The normalized spacial score (nSPS) is 46.9. The molecule has 0 bridgehead atoms. The molecule has 118 heavy (non-hydrogen) atoms. The van der Waals surface area contributed by atoms with Gasteiger partial charge in [0.1, 0.15) is 219 Å². The summed E-state index contributed by atoms with van der Waals surface area (Å²) in [5.41, 5.74) is 0. The molecule has 52 heteroatoms. The maximum Gasteiger partial charge on any atom is 0.217 e. The molecule has 52 nitrogen and oxygen atoms in total. The fraction of sp³-hybridized carbons (Fsp3) is 0.909. The number of aliphatic hydroxyl groups excluding tert-OH is 23. The smallest absolute Gasteiger partial charge is 0.217 e. The third-order valence-corrected chi connectivity index (χ3v) is 21.2. The lowest BCUT2D eigenvalue weighted by Gasteiger charge is -2.53. The number of hydrogen-bond donors (Lipinski definition) is 29. The minimum atomic E-state index is -2.75. The Kier molecular flexibility index (Phi) is 35.1. The number of ether oxygens (including phenoxy) is 17. The van der Waals surface area contributed by atoms with E-state index in [4.69, 9.17) is 80.5 Å². The van der Waals surface area contributed by atoms with Crippen LogP contribution >= 0.6 is 0 Å². The van der Waals surface area contributed by atoms with E-state index >= 15 is 0 Å². The molecule has 0 aliphatic carbocycles. The van der Waals surface area contributed by atoms with E-state index in [1.807, 2.05) is 0 Å². The Morgan fingerprint density at radius 2 is 0.466 bits per heavy atom. The number of amides is 6. The van der Waals surface area contributed by atoms with Crippen LogP contribution in [0.2, 0.25) is 0 Å². The van der Waals surface area contributed by atoms with Gasteiger partial charge in [-0.05, 0) is 0 Å². The van der Waals surface area contributed by atoms with Gasteiger partial charge in [0.15, 0.2) is 56.6 Å². The van der Waals surface area contributed by atoms with E-state index < -0.39 is 371 Å². The zero-order valence-electron chi connectivity index (χ0n) is 64.0. The highest BCUT2D eigenvalue weighted by molar-refractivity contribution is 5.75. The lowest BCUT2D eigenvalue weighted by atomic mass is 9.93. The van der Waals surface area contributed by atoms with E-state index in [0.29, 0.717) is 0 Å². The lowest BCUT2D eigenvalue weighted by molar-refractivity contribution is -0.411. The van der Waals surface area contributed by atoms with Crippen LogP contribution in [0.3, 0.4) is 0 Å². The Balaban J connectivity index is 1.19. The van der Waals surface area contributed by atoms with Gasteiger partial charge < -0.3 is 230 Å². The molecule has 0 aromatic heterocycles. The molecule has 0 saturated carbocycles. The van der Waals surface area contributed by atoms with Crippen molar-refractivity contribution in [3.05, 3.63) is 0 Å². The summed E-state index contributed by atoms with van der Waals surface area (Å²) in [4.78, 5) is 76.6. The Hall–Kier alpha value is -4.78. The van der Waals surface area contributed by atoms with Crippen molar-refractivity contribution in [2.24, 2.45) is 0 Å². The summed E-state index contributed by atoms with van der Waals surface area (Å²) in [6.45, 7) is -4.64. The van der Waals surface area contributed by atoms with Gasteiger partial charge in [0, 0.05) is 41.5 Å². The van der Waals surface area contributed by atoms with E-state index in [9.17, 15) is 146 Å². The zero-order chi connectivity index (χ0) is 87.1. The van der Waals surface area contributed by atoms with Crippen LogP contribution in [0.25, 0.3) is 0 Å². The van der Waals surface area contributed by atoms with Gasteiger partial charge in [-0.25, -0.2) is 0 Å². The first-order valence-corrected chi connectivity index (χ1v) is 37.6. The number of aliphatic hydroxyl groups is 23. The number of hydrogen-bond acceptors (Lipinski definition) is 46. The summed E-state index contributed by atoms with van der Waals surface area (Å²) < 4.78 is 104. The van der Waals surface area contributed by atoms with E-state index in [1.54, 1.807) is 0 Å². The molecule has 1 unspecified atom stereocenters. The minimum absolute atomic E-state index is 0.810. The van der Waals surface area contributed by atoms with Gasteiger partial charge >= 0.3 is 0 Å². The molecule has 9 fully saturated rings. The average Bonchev–Trinajstić information content (AvgIpc) is 0.756. The fourth-order valence-electron chi connectivity index (χ4n) is 15.3. The molecule has 9 heterocycles. The number of nitrogens with one attached hydrogen (secondary N) is 6. The molecule has 9 saturated heterocycles. The first-order chi connectivity index (χ1) is 55.8. The maximum absolute atomic E-state index is 13.4. The zero-order valence-corrected chi connectivity index (χ0v) is 64.0. The molecular weight excluding hydrogens is 1610 g/mol. The van der Waals surface area contributed by atoms with Crippen LogP contribution in [-0.4, -0.2) is 488 Å². The Morgan fingerprint density at radius 1 is 0.220 bits per heavy atom. The highest BCUT2D eigenvalue weighted by Gasteiger charge is 2.62. The van der Waals surface area contributed by atoms with E-state index in [-0.39, 0.29) is 0 Å². The van der Waals surface area contributed by atoms with Crippen molar-refractivity contribution in [2.75, 3.05) is 59.5 Å². The van der Waals surface area contributed by atoms with Crippen LogP contribution in [0.4, 0.5) is 0 Å². The van der Waals surface area contributed by atoms with Gasteiger partial charge in [0.2, 0.25) is 35.4 Å². The van der Waals surface area contributed by atoms with Crippen LogP contribution in [0.15, 0.2) is 0 Å². The number of carbonyl (C=O) groups excluding carboxylic acids is 6. The Morgan fingerprint density at radius 3 is 0.814 bits per heavy atom. The van der Waals surface area contributed by atoms with Crippen molar-refractivity contribution in [3.63, 3.8) is 0 Å². The molecular formula is C66H110N6O46. The Bertz CT molecular complexity index is 3230. The highest BCUT2D eigenvalue weighted by atomic mass is 16.8. The van der Waals surface area contributed by atoms with Crippen molar-refractivity contribution < 1.29 is 227 Å². The van der Waals surface area contributed by atoms with Crippen LogP contribution in [0.5, 0.6) is 0 Å². The number of rotatable bonds is 31. The largest absolute Gasteiger partial charge is 0.394 e. The Labute approximate surface area is 669 Å². The summed E-state index contributed by atoms with van der Waals surface area (Å²) in [7, 11) is 0. The van der Waals surface area contributed by atoms with Gasteiger partial charge in [0.25, 0.3) is 0 Å². The van der Waals surface area contributed by atoms with Gasteiger partial charge in [-0.2, -0.15) is 0 Å². The third kappa shape index (κ3) is 21.9. The topological polar surface area (TPSA) is 797 Å². The second-order valence-electron chi connectivity index (χ2n) is 29.6. The monoisotopic (exact) mass is 1720 g/mol. The van der Waals surface area contributed by atoms with Gasteiger partial charge in [-0.15, -0.1) is 0 Å². The van der Waals surface area contributed by atoms with Gasteiger partial charge in [0.05, 0.1) is 59.5 Å². The third-order valence-electron chi connectivity index (χ3n) is 21.2. The molecule has 0 radical (unpaired) electrons. The average molecular weight is 1720 g/mol. The minimum Gasteiger partial charge on any atom is -0.394 e. The summed E-state index contributed by atoms with van der Waals surface area (Å²) in [5.74, 6) is -5.46.